The first kappa shape index (κ1) is 18.1. The maximum absolute atomic E-state index is 12.2. The fourth-order valence-electron chi connectivity index (χ4n) is 2.32. The molecule has 2 N–H and O–H groups in total. The number of nitrogens with one attached hydrogen (secondary N) is 2. The van der Waals surface area contributed by atoms with Crippen molar-refractivity contribution in [3.05, 3.63) is 58.1 Å². The zero-order valence-corrected chi connectivity index (χ0v) is 14.1. The molecule has 25 heavy (non-hydrogen) atoms. The van der Waals surface area contributed by atoms with Crippen molar-refractivity contribution in [2.75, 3.05) is 19.5 Å². The van der Waals surface area contributed by atoms with E-state index in [-0.39, 0.29) is 11.7 Å². The van der Waals surface area contributed by atoms with Gasteiger partial charge in [0.15, 0.2) is 0 Å². The van der Waals surface area contributed by atoms with Gasteiger partial charge in [-0.05, 0) is 31.2 Å². The Labute approximate surface area is 144 Å². The van der Waals surface area contributed by atoms with Gasteiger partial charge in [0, 0.05) is 23.4 Å². The third-order valence-corrected chi connectivity index (χ3v) is 3.57. The van der Waals surface area contributed by atoms with Crippen molar-refractivity contribution >= 4 is 17.4 Å². The number of carbonyl (C=O) groups excluding carboxylic acids is 1. The number of non-ortho nitro benzene ring substituents is 1. The Morgan fingerprint density at radius 2 is 1.92 bits per heavy atom. The van der Waals surface area contributed by atoms with Crippen molar-refractivity contribution in [3.8, 4) is 11.5 Å². The summed E-state index contributed by atoms with van der Waals surface area (Å²) in [6, 6.07) is 10.1. The van der Waals surface area contributed by atoms with Gasteiger partial charge in [-0.2, -0.15) is 0 Å². The van der Waals surface area contributed by atoms with Gasteiger partial charge >= 0.3 is 6.03 Å². The molecule has 0 fully saturated rings. The van der Waals surface area contributed by atoms with Crippen LogP contribution in [0.15, 0.2) is 42.5 Å². The van der Waals surface area contributed by atoms with Gasteiger partial charge in [-0.25, -0.2) is 4.79 Å². The standard InChI is InChI=1S/C17H19N3O5/c1-11(15-10-14(24-2)7-8-16(15)25-3)18-17(21)19-12-5-4-6-13(9-12)20(22)23/h4-11H,1-3H3,(H2,18,19,21)/t11-/m0/s1. The molecule has 2 aromatic carbocycles. The summed E-state index contributed by atoms with van der Waals surface area (Å²) in [5, 5.41) is 16.1. The van der Waals surface area contributed by atoms with Crippen molar-refractivity contribution in [3.63, 3.8) is 0 Å². The van der Waals surface area contributed by atoms with Crippen LogP contribution in [0.3, 0.4) is 0 Å². The molecule has 8 heteroatoms. The Kier molecular flexibility index (Phi) is 5.78. The highest BCUT2D eigenvalue weighted by atomic mass is 16.6. The number of rotatable bonds is 6. The van der Waals surface area contributed by atoms with Crippen LogP contribution in [0.5, 0.6) is 11.5 Å². The van der Waals surface area contributed by atoms with E-state index >= 15 is 0 Å². The number of urea groups is 1. The summed E-state index contributed by atoms with van der Waals surface area (Å²) >= 11 is 0. The molecule has 0 aliphatic rings. The second kappa shape index (κ2) is 8.00. The van der Waals surface area contributed by atoms with Gasteiger partial charge in [-0.3, -0.25) is 10.1 Å². The number of amides is 2. The number of nitro groups is 1. The largest absolute Gasteiger partial charge is 0.497 e. The molecule has 1 atom stereocenters. The SMILES string of the molecule is COc1ccc(OC)c([C@H](C)NC(=O)Nc2cccc([N+](=O)[O-])c2)c1. The molecule has 0 aromatic heterocycles. The zero-order chi connectivity index (χ0) is 18.4. The zero-order valence-electron chi connectivity index (χ0n) is 14.1. The minimum Gasteiger partial charge on any atom is -0.497 e. The first-order chi connectivity index (χ1) is 11.9. The van der Waals surface area contributed by atoms with Gasteiger partial charge < -0.3 is 20.1 Å². The highest BCUT2D eigenvalue weighted by Crippen LogP contribution is 2.29. The highest BCUT2D eigenvalue weighted by Gasteiger charge is 2.16. The number of carbonyl (C=O) groups is 1. The Hall–Kier alpha value is -3.29. The Morgan fingerprint density at radius 1 is 1.16 bits per heavy atom. The van der Waals surface area contributed by atoms with E-state index in [2.05, 4.69) is 10.6 Å². The molecular formula is C17H19N3O5. The van der Waals surface area contributed by atoms with Gasteiger partial charge in [-0.15, -0.1) is 0 Å². The number of anilines is 1. The minimum atomic E-state index is -0.521. The van der Waals surface area contributed by atoms with E-state index in [4.69, 9.17) is 9.47 Å². The van der Waals surface area contributed by atoms with Gasteiger partial charge in [0.05, 0.1) is 25.2 Å². The van der Waals surface area contributed by atoms with Crippen LogP contribution in [0.4, 0.5) is 16.2 Å². The van der Waals surface area contributed by atoms with Crippen LogP contribution in [-0.4, -0.2) is 25.2 Å². The van der Waals surface area contributed by atoms with Crippen molar-refractivity contribution in [2.45, 2.75) is 13.0 Å². The Balaban J connectivity index is 2.10. The van der Waals surface area contributed by atoms with Gasteiger partial charge in [-0.1, -0.05) is 6.07 Å². The summed E-state index contributed by atoms with van der Waals surface area (Å²) < 4.78 is 10.5. The third kappa shape index (κ3) is 4.60. The number of ether oxygens (including phenoxy) is 2. The first-order valence-corrected chi connectivity index (χ1v) is 7.48. The average Bonchev–Trinajstić information content (AvgIpc) is 2.61. The molecule has 0 saturated carbocycles. The maximum atomic E-state index is 12.2. The first-order valence-electron chi connectivity index (χ1n) is 7.48. The van der Waals surface area contributed by atoms with Crippen molar-refractivity contribution in [1.29, 1.82) is 0 Å². The molecule has 0 unspecified atom stereocenters. The molecule has 2 rings (SSSR count). The van der Waals surface area contributed by atoms with Crippen LogP contribution in [0.25, 0.3) is 0 Å². The van der Waals surface area contributed by atoms with Crippen molar-refractivity contribution in [1.82, 2.24) is 5.32 Å². The van der Waals surface area contributed by atoms with E-state index in [0.29, 0.717) is 17.2 Å². The van der Waals surface area contributed by atoms with Gasteiger partial charge in [0.1, 0.15) is 11.5 Å². The lowest BCUT2D eigenvalue weighted by molar-refractivity contribution is -0.384. The van der Waals surface area contributed by atoms with Crippen LogP contribution in [0.2, 0.25) is 0 Å². The van der Waals surface area contributed by atoms with Crippen LogP contribution in [0.1, 0.15) is 18.5 Å². The molecule has 8 nitrogen and oxygen atoms in total. The van der Waals surface area contributed by atoms with Crippen molar-refractivity contribution < 1.29 is 19.2 Å². The predicted molar refractivity (Wildman–Crippen MR) is 93.2 cm³/mol. The maximum Gasteiger partial charge on any atom is 0.319 e. The molecule has 2 amide bonds. The summed E-state index contributed by atoms with van der Waals surface area (Å²) in [4.78, 5) is 22.4. The number of benzene rings is 2. The summed E-state index contributed by atoms with van der Waals surface area (Å²) in [5.74, 6) is 1.26. The number of hydrogen-bond donors (Lipinski definition) is 2. The fourth-order valence-corrected chi connectivity index (χ4v) is 2.32. The summed E-state index contributed by atoms with van der Waals surface area (Å²) in [5.41, 5.74) is 0.980. The number of nitro benzene ring substituents is 1. The highest BCUT2D eigenvalue weighted by molar-refractivity contribution is 5.89. The van der Waals surface area contributed by atoms with Crippen LogP contribution in [-0.2, 0) is 0 Å². The Bertz CT molecular complexity index is 779. The van der Waals surface area contributed by atoms with Crippen molar-refractivity contribution in [2.24, 2.45) is 0 Å². The number of nitrogens with zero attached hydrogens (tertiary/aromatic N) is 1. The minimum absolute atomic E-state index is 0.0969. The molecule has 0 spiro atoms. The van der Waals surface area contributed by atoms with Gasteiger partial charge in [0.2, 0.25) is 0 Å². The lowest BCUT2D eigenvalue weighted by Crippen LogP contribution is -2.31. The third-order valence-electron chi connectivity index (χ3n) is 3.57. The molecule has 0 aliphatic heterocycles. The monoisotopic (exact) mass is 345 g/mol. The van der Waals surface area contributed by atoms with E-state index in [1.165, 1.54) is 18.2 Å². The van der Waals surface area contributed by atoms with E-state index in [9.17, 15) is 14.9 Å². The molecule has 0 heterocycles. The van der Waals surface area contributed by atoms with Crippen LogP contribution < -0.4 is 20.1 Å². The van der Waals surface area contributed by atoms with E-state index in [0.717, 1.165) is 5.56 Å². The molecule has 0 saturated heterocycles. The number of methoxy groups -OCH3 is 2. The summed E-state index contributed by atoms with van der Waals surface area (Å²) in [6.07, 6.45) is 0. The molecule has 0 radical (unpaired) electrons. The topological polar surface area (TPSA) is 103 Å². The quantitative estimate of drug-likeness (QED) is 0.616. The van der Waals surface area contributed by atoms with Crippen LogP contribution in [0, 0.1) is 10.1 Å². The fraction of sp³-hybridized carbons (Fsp3) is 0.235. The average molecular weight is 345 g/mol. The number of hydrogen-bond acceptors (Lipinski definition) is 5. The Morgan fingerprint density at radius 3 is 2.56 bits per heavy atom. The normalized spacial score (nSPS) is 11.3. The molecular weight excluding hydrogens is 326 g/mol. The molecule has 0 bridgehead atoms. The molecule has 0 aliphatic carbocycles. The second-order valence-electron chi connectivity index (χ2n) is 5.24. The van der Waals surface area contributed by atoms with E-state index in [1.54, 1.807) is 45.4 Å². The lowest BCUT2D eigenvalue weighted by atomic mass is 10.1. The van der Waals surface area contributed by atoms with E-state index < -0.39 is 11.0 Å². The lowest BCUT2D eigenvalue weighted by Gasteiger charge is -2.18. The predicted octanol–water partition coefficient (Wildman–Crippen LogP) is 3.49. The van der Waals surface area contributed by atoms with Crippen LogP contribution >= 0.6 is 0 Å². The second-order valence-corrected chi connectivity index (χ2v) is 5.24. The molecule has 2 aromatic rings. The molecule has 132 valence electrons. The summed E-state index contributed by atoms with van der Waals surface area (Å²) in [7, 11) is 3.10. The summed E-state index contributed by atoms with van der Waals surface area (Å²) in [6.45, 7) is 1.80. The smallest absolute Gasteiger partial charge is 0.319 e. The van der Waals surface area contributed by atoms with Gasteiger partial charge in [0.25, 0.3) is 5.69 Å². The van der Waals surface area contributed by atoms with E-state index in [1.807, 2.05) is 0 Å².